The maximum absolute atomic E-state index is 12.5. The number of alkyl carbamates (subject to hydrolysis) is 2. The minimum Gasteiger partial charge on any atom is -0.445 e. The summed E-state index contributed by atoms with van der Waals surface area (Å²) in [5, 5.41) is 12.4. The zero-order chi connectivity index (χ0) is 39.8. The molecule has 58 heavy (non-hydrogen) atoms. The van der Waals surface area contributed by atoms with E-state index in [1.807, 2.05) is 38.1 Å². The van der Waals surface area contributed by atoms with Gasteiger partial charge in [-0.15, -0.1) is 0 Å². The highest BCUT2D eigenvalue weighted by Crippen LogP contribution is 2.53. The van der Waals surface area contributed by atoms with Gasteiger partial charge in [-0.3, -0.25) is 0 Å². The molecule has 2 N–H and O–H groups in total. The highest BCUT2D eigenvalue weighted by molar-refractivity contribution is 6.33. The molecule has 0 aliphatic carbocycles. The first kappa shape index (κ1) is 38.0. The van der Waals surface area contributed by atoms with Crippen LogP contribution in [0.4, 0.5) is 9.59 Å². The molecule has 0 unspecified atom stereocenters. The molecule has 0 atom stereocenters. The monoisotopic (exact) mass is 762 g/mol. The topological polar surface area (TPSA) is 76.7 Å². The van der Waals surface area contributed by atoms with Crippen LogP contribution in [-0.2, 0) is 22.7 Å². The first-order chi connectivity index (χ1) is 28.6. The third-order valence-corrected chi connectivity index (χ3v) is 10.5. The largest absolute Gasteiger partial charge is 0.445 e. The molecule has 0 saturated heterocycles. The Morgan fingerprint density at radius 1 is 0.414 bits per heavy atom. The van der Waals surface area contributed by atoms with Gasteiger partial charge in [0.2, 0.25) is 0 Å². The van der Waals surface area contributed by atoms with Gasteiger partial charge in [0.05, 0.1) is 0 Å². The van der Waals surface area contributed by atoms with E-state index in [-0.39, 0.29) is 13.2 Å². The lowest BCUT2D eigenvalue weighted by Crippen LogP contribution is -2.24. The van der Waals surface area contributed by atoms with E-state index < -0.39 is 12.2 Å². The standard InChI is InChI=1S/C52H46N2O4/c1-3-29-53-51(55)57-33-35-17-15-23-39(31-35)47-43-27-13-14-28-44(43)48(40-24-16-18-36(32-40)34-58-52(56)54-30-4-2)50-46(38-21-9-6-10-22-38)42-26-12-11-25-41(42)45(49(47)50)37-19-7-5-8-20-37/h5-28,31-32H,3-4,29-30,33-34H2,1-2H3,(H,53,55)(H,54,56). The van der Waals surface area contributed by atoms with Gasteiger partial charge in [-0.05, 0) is 113 Å². The van der Waals surface area contributed by atoms with Gasteiger partial charge in [0.15, 0.2) is 0 Å². The Balaban J connectivity index is 1.50. The van der Waals surface area contributed by atoms with E-state index in [0.717, 1.165) is 101 Å². The summed E-state index contributed by atoms with van der Waals surface area (Å²) in [6.07, 6.45) is 0.815. The van der Waals surface area contributed by atoms with Crippen LogP contribution in [0.25, 0.3) is 76.8 Å². The summed E-state index contributed by atoms with van der Waals surface area (Å²) in [4.78, 5) is 25.1. The molecule has 8 aromatic carbocycles. The first-order valence-electron chi connectivity index (χ1n) is 20.1. The molecule has 0 saturated carbocycles. The van der Waals surface area contributed by atoms with Crippen molar-refractivity contribution in [1.29, 1.82) is 0 Å². The highest BCUT2D eigenvalue weighted by atomic mass is 16.6. The van der Waals surface area contributed by atoms with Crippen LogP contribution in [0.15, 0.2) is 158 Å². The number of rotatable bonds is 12. The number of hydrogen-bond donors (Lipinski definition) is 2. The average Bonchev–Trinajstić information content (AvgIpc) is 3.28. The predicted octanol–water partition coefficient (Wildman–Crippen LogP) is 13.1. The van der Waals surface area contributed by atoms with Crippen molar-refractivity contribution >= 4 is 44.5 Å². The number of benzene rings is 8. The fourth-order valence-corrected chi connectivity index (χ4v) is 8.02. The van der Waals surface area contributed by atoms with E-state index in [1.54, 1.807) is 0 Å². The molecule has 0 spiro atoms. The first-order valence-corrected chi connectivity index (χ1v) is 20.1. The molecule has 6 nitrogen and oxygen atoms in total. The second kappa shape index (κ2) is 17.5. The molecular formula is C52H46N2O4. The van der Waals surface area contributed by atoms with E-state index in [2.05, 4.69) is 144 Å². The number of amides is 2. The lowest BCUT2D eigenvalue weighted by Gasteiger charge is -2.25. The Morgan fingerprint density at radius 3 is 1.10 bits per heavy atom. The second-order valence-electron chi connectivity index (χ2n) is 14.5. The van der Waals surface area contributed by atoms with Gasteiger partial charge in [0.25, 0.3) is 0 Å². The Labute approximate surface area is 339 Å². The number of nitrogens with one attached hydrogen (secondary N) is 2. The second-order valence-corrected chi connectivity index (χ2v) is 14.5. The maximum Gasteiger partial charge on any atom is 0.407 e. The molecule has 8 rings (SSSR count). The molecular weight excluding hydrogens is 717 g/mol. The SMILES string of the molecule is CCCNC(=O)OCc1cccc(-c2c3ccccc3c(-c3cccc(COC(=O)NCCC)c3)c3c(-c4ccccc4)c4ccccc4c(-c4ccccc4)c23)c1. The molecule has 0 radical (unpaired) electrons. The zero-order valence-corrected chi connectivity index (χ0v) is 32.9. The summed E-state index contributed by atoms with van der Waals surface area (Å²) in [5.74, 6) is 0. The van der Waals surface area contributed by atoms with Gasteiger partial charge < -0.3 is 20.1 Å². The minimum absolute atomic E-state index is 0.145. The van der Waals surface area contributed by atoms with Crippen LogP contribution < -0.4 is 10.6 Å². The van der Waals surface area contributed by atoms with Crippen molar-refractivity contribution in [3.05, 3.63) is 169 Å². The number of hydrogen-bond acceptors (Lipinski definition) is 4. The summed E-state index contributed by atoms with van der Waals surface area (Å²) >= 11 is 0. The van der Waals surface area contributed by atoms with Crippen molar-refractivity contribution in [1.82, 2.24) is 10.6 Å². The van der Waals surface area contributed by atoms with Crippen LogP contribution in [0.3, 0.4) is 0 Å². The number of ether oxygens (including phenoxy) is 2. The summed E-state index contributed by atoms with van der Waals surface area (Å²) in [6.45, 7) is 5.44. The van der Waals surface area contributed by atoms with Crippen molar-refractivity contribution in [2.75, 3.05) is 13.1 Å². The Morgan fingerprint density at radius 2 is 0.741 bits per heavy atom. The third kappa shape index (κ3) is 7.74. The molecule has 0 bridgehead atoms. The molecule has 6 heteroatoms. The number of carbonyl (C=O) groups excluding carboxylic acids is 2. The van der Waals surface area contributed by atoms with E-state index in [9.17, 15) is 9.59 Å². The lowest BCUT2D eigenvalue weighted by atomic mass is 9.77. The van der Waals surface area contributed by atoms with E-state index in [0.29, 0.717) is 13.1 Å². The fraction of sp³-hybridized carbons (Fsp3) is 0.154. The van der Waals surface area contributed by atoms with Crippen LogP contribution in [0.1, 0.15) is 37.8 Å². The average molecular weight is 763 g/mol. The summed E-state index contributed by atoms with van der Waals surface area (Å²) in [6, 6.07) is 55.4. The third-order valence-electron chi connectivity index (χ3n) is 10.5. The molecule has 2 amide bonds. The van der Waals surface area contributed by atoms with Gasteiger partial charge in [-0.25, -0.2) is 9.59 Å². The molecule has 0 aliphatic rings. The minimum atomic E-state index is -0.424. The van der Waals surface area contributed by atoms with E-state index >= 15 is 0 Å². The summed E-state index contributed by atoms with van der Waals surface area (Å²) in [7, 11) is 0. The normalized spacial score (nSPS) is 11.1. The fourth-order valence-electron chi connectivity index (χ4n) is 8.02. The van der Waals surface area contributed by atoms with Crippen molar-refractivity contribution in [3.8, 4) is 44.5 Å². The smallest absolute Gasteiger partial charge is 0.407 e. The molecule has 8 aromatic rings. The van der Waals surface area contributed by atoms with Crippen LogP contribution in [0.2, 0.25) is 0 Å². The highest BCUT2D eigenvalue weighted by Gasteiger charge is 2.26. The van der Waals surface area contributed by atoms with Crippen LogP contribution in [0, 0.1) is 0 Å². The van der Waals surface area contributed by atoms with Crippen molar-refractivity contribution in [3.63, 3.8) is 0 Å². The van der Waals surface area contributed by atoms with Crippen LogP contribution >= 0.6 is 0 Å². The van der Waals surface area contributed by atoms with Gasteiger partial charge >= 0.3 is 12.2 Å². The Bertz CT molecular complexity index is 2560. The van der Waals surface area contributed by atoms with Crippen molar-refractivity contribution < 1.29 is 19.1 Å². The quantitative estimate of drug-likeness (QED) is 0.122. The van der Waals surface area contributed by atoms with Crippen molar-refractivity contribution in [2.45, 2.75) is 39.9 Å². The molecule has 0 aliphatic heterocycles. The van der Waals surface area contributed by atoms with Crippen LogP contribution in [-0.4, -0.2) is 25.3 Å². The number of fused-ring (bicyclic) bond motifs is 3. The lowest BCUT2D eigenvalue weighted by molar-refractivity contribution is 0.139. The van der Waals surface area contributed by atoms with Gasteiger partial charge in [0.1, 0.15) is 13.2 Å². The van der Waals surface area contributed by atoms with E-state index in [1.165, 1.54) is 0 Å². The predicted molar refractivity (Wildman–Crippen MR) is 238 cm³/mol. The molecule has 288 valence electrons. The van der Waals surface area contributed by atoms with Crippen LogP contribution in [0.5, 0.6) is 0 Å². The number of carbonyl (C=O) groups is 2. The Kier molecular flexibility index (Phi) is 11.4. The zero-order valence-electron chi connectivity index (χ0n) is 32.9. The summed E-state index contributed by atoms with van der Waals surface area (Å²) < 4.78 is 11.4. The molecule has 0 fully saturated rings. The van der Waals surface area contributed by atoms with Gasteiger partial charge in [0, 0.05) is 13.1 Å². The molecule has 0 heterocycles. The van der Waals surface area contributed by atoms with Crippen molar-refractivity contribution in [2.24, 2.45) is 0 Å². The maximum atomic E-state index is 12.5. The Hall–Kier alpha value is -6.92. The molecule has 0 aromatic heterocycles. The summed E-state index contributed by atoms with van der Waals surface area (Å²) in [5.41, 5.74) is 10.5. The van der Waals surface area contributed by atoms with E-state index in [4.69, 9.17) is 9.47 Å². The van der Waals surface area contributed by atoms with Gasteiger partial charge in [-0.1, -0.05) is 159 Å². The van der Waals surface area contributed by atoms with Gasteiger partial charge in [-0.2, -0.15) is 0 Å².